The number of cyclic esters (lactones) is 1. The molecule has 0 aromatic heterocycles. The summed E-state index contributed by atoms with van der Waals surface area (Å²) in [6, 6.07) is 5.62. The number of carbonyl (C=O) groups is 1. The van der Waals surface area contributed by atoms with E-state index < -0.39 is 11.7 Å². The predicted octanol–water partition coefficient (Wildman–Crippen LogP) is 3.27. The van der Waals surface area contributed by atoms with Gasteiger partial charge < -0.3 is 9.47 Å². The Labute approximate surface area is 101 Å². The van der Waals surface area contributed by atoms with E-state index in [9.17, 15) is 4.79 Å². The van der Waals surface area contributed by atoms with Crippen molar-refractivity contribution in [2.75, 3.05) is 11.9 Å². The van der Waals surface area contributed by atoms with E-state index in [4.69, 9.17) is 9.47 Å². The van der Waals surface area contributed by atoms with Gasteiger partial charge in [-0.3, -0.25) is 5.32 Å². The third kappa shape index (κ3) is 2.20. The monoisotopic (exact) mass is 235 g/mol. The number of carbonyl (C=O) groups excluding carboxylic acids is 1. The Morgan fingerprint density at radius 1 is 1.41 bits per heavy atom. The molecule has 0 atom stereocenters. The van der Waals surface area contributed by atoms with Crippen LogP contribution >= 0.6 is 0 Å². The van der Waals surface area contributed by atoms with E-state index in [0.29, 0.717) is 6.61 Å². The number of hydrogen-bond donors (Lipinski definition) is 1. The highest BCUT2D eigenvalue weighted by Crippen LogP contribution is 2.41. The summed E-state index contributed by atoms with van der Waals surface area (Å²) in [7, 11) is 0. The molecule has 0 spiro atoms. The number of ether oxygens (including phenoxy) is 2. The molecule has 1 heterocycles. The van der Waals surface area contributed by atoms with Crippen molar-refractivity contribution in [2.24, 2.45) is 0 Å². The van der Waals surface area contributed by atoms with Gasteiger partial charge in [0.25, 0.3) is 0 Å². The minimum atomic E-state index is -0.665. The second kappa shape index (κ2) is 4.28. The third-order valence-corrected chi connectivity index (χ3v) is 2.67. The van der Waals surface area contributed by atoms with Crippen molar-refractivity contribution in [3.05, 3.63) is 23.8 Å². The molecule has 0 saturated heterocycles. The van der Waals surface area contributed by atoms with Crippen molar-refractivity contribution in [2.45, 2.75) is 32.8 Å². The Hall–Kier alpha value is -1.71. The maximum Gasteiger partial charge on any atom is 0.412 e. The molecule has 92 valence electrons. The first-order valence-electron chi connectivity index (χ1n) is 5.81. The highest BCUT2D eigenvalue weighted by Gasteiger charge is 2.36. The van der Waals surface area contributed by atoms with E-state index in [0.717, 1.165) is 23.4 Å². The first-order chi connectivity index (χ1) is 8.04. The van der Waals surface area contributed by atoms with Crippen LogP contribution in [-0.4, -0.2) is 12.7 Å². The first kappa shape index (κ1) is 11.8. The Kier molecular flexibility index (Phi) is 2.96. The lowest BCUT2D eigenvalue weighted by Crippen LogP contribution is -2.35. The Bertz CT molecular complexity index is 440. The minimum absolute atomic E-state index is 0.421. The van der Waals surface area contributed by atoms with Crippen LogP contribution in [0, 0.1) is 0 Å². The van der Waals surface area contributed by atoms with Gasteiger partial charge in [0, 0.05) is 0 Å². The Balaban J connectivity index is 2.44. The fourth-order valence-corrected chi connectivity index (χ4v) is 2.01. The van der Waals surface area contributed by atoms with E-state index in [-0.39, 0.29) is 0 Å². The normalized spacial score (nSPS) is 16.8. The molecule has 4 nitrogen and oxygen atoms in total. The highest BCUT2D eigenvalue weighted by atomic mass is 16.6. The molecule has 1 amide bonds. The van der Waals surface area contributed by atoms with Crippen molar-refractivity contribution >= 4 is 11.8 Å². The van der Waals surface area contributed by atoms with Gasteiger partial charge in [-0.1, -0.05) is 13.0 Å². The van der Waals surface area contributed by atoms with Gasteiger partial charge in [-0.2, -0.15) is 0 Å². The standard InChI is InChI=1S/C13H17NO3/c1-4-8-16-10-7-5-6-9-11(10)13(2,3)17-12(15)14-9/h5-7H,4,8H2,1-3H3,(H,14,15). The van der Waals surface area contributed by atoms with Crippen LogP contribution < -0.4 is 10.1 Å². The summed E-state index contributed by atoms with van der Waals surface area (Å²) in [5.74, 6) is 0.773. The zero-order chi connectivity index (χ0) is 12.5. The van der Waals surface area contributed by atoms with Gasteiger partial charge in [0.15, 0.2) is 0 Å². The molecule has 0 bridgehead atoms. The van der Waals surface area contributed by atoms with Crippen molar-refractivity contribution < 1.29 is 14.3 Å². The first-order valence-corrected chi connectivity index (χ1v) is 5.81. The molecular formula is C13H17NO3. The molecule has 0 radical (unpaired) electrons. The zero-order valence-electron chi connectivity index (χ0n) is 10.4. The Morgan fingerprint density at radius 3 is 2.88 bits per heavy atom. The van der Waals surface area contributed by atoms with Gasteiger partial charge in [0.1, 0.15) is 11.4 Å². The molecule has 0 aliphatic carbocycles. The largest absolute Gasteiger partial charge is 0.493 e. The molecule has 0 unspecified atom stereocenters. The number of hydrogen-bond acceptors (Lipinski definition) is 3. The lowest BCUT2D eigenvalue weighted by Gasteiger charge is -2.33. The predicted molar refractivity (Wildman–Crippen MR) is 65.4 cm³/mol. The van der Waals surface area contributed by atoms with Crippen molar-refractivity contribution in [3.63, 3.8) is 0 Å². The third-order valence-electron chi connectivity index (χ3n) is 2.67. The van der Waals surface area contributed by atoms with Gasteiger partial charge in [0.2, 0.25) is 0 Å². The van der Waals surface area contributed by atoms with Crippen molar-refractivity contribution in [1.29, 1.82) is 0 Å². The summed E-state index contributed by atoms with van der Waals surface area (Å²) >= 11 is 0. The maximum atomic E-state index is 11.4. The molecule has 17 heavy (non-hydrogen) atoms. The van der Waals surface area contributed by atoms with E-state index in [1.165, 1.54) is 0 Å². The average Bonchev–Trinajstić information content (AvgIpc) is 2.24. The molecule has 1 N–H and O–H groups in total. The second-order valence-corrected chi connectivity index (χ2v) is 4.55. The van der Waals surface area contributed by atoms with Crippen LogP contribution in [0.1, 0.15) is 32.8 Å². The van der Waals surface area contributed by atoms with Gasteiger partial charge in [-0.15, -0.1) is 0 Å². The van der Waals surface area contributed by atoms with Gasteiger partial charge in [0.05, 0.1) is 17.9 Å². The topological polar surface area (TPSA) is 47.6 Å². The summed E-state index contributed by atoms with van der Waals surface area (Å²) in [6.07, 6.45) is 0.521. The number of fused-ring (bicyclic) bond motifs is 1. The minimum Gasteiger partial charge on any atom is -0.493 e. The van der Waals surface area contributed by atoms with Crippen LogP contribution in [0.25, 0.3) is 0 Å². The fraction of sp³-hybridized carbons (Fsp3) is 0.462. The number of nitrogens with one attached hydrogen (secondary N) is 1. The van der Waals surface area contributed by atoms with Crippen LogP contribution in [-0.2, 0) is 10.3 Å². The second-order valence-electron chi connectivity index (χ2n) is 4.55. The number of benzene rings is 1. The van der Waals surface area contributed by atoms with Crippen LogP contribution in [0.3, 0.4) is 0 Å². The van der Waals surface area contributed by atoms with Gasteiger partial charge >= 0.3 is 6.09 Å². The molecule has 4 heteroatoms. The molecule has 0 fully saturated rings. The van der Waals surface area contributed by atoms with Crippen molar-refractivity contribution in [3.8, 4) is 5.75 Å². The highest BCUT2D eigenvalue weighted by molar-refractivity contribution is 5.89. The summed E-state index contributed by atoms with van der Waals surface area (Å²) < 4.78 is 11.0. The van der Waals surface area contributed by atoms with Crippen molar-refractivity contribution in [1.82, 2.24) is 0 Å². The van der Waals surface area contributed by atoms with E-state index in [2.05, 4.69) is 12.2 Å². The molecule has 1 aromatic rings. The molecule has 1 aromatic carbocycles. The lowest BCUT2D eigenvalue weighted by molar-refractivity contribution is 0.0396. The smallest absolute Gasteiger partial charge is 0.412 e. The zero-order valence-corrected chi connectivity index (χ0v) is 10.4. The molecule has 2 rings (SSSR count). The average molecular weight is 235 g/mol. The summed E-state index contributed by atoms with van der Waals surface area (Å²) in [6.45, 7) is 6.44. The van der Waals surface area contributed by atoms with Gasteiger partial charge in [-0.05, 0) is 32.4 Å². The summed E-state index contributed by atoms with van der Waals surface area (Å²) in [5, 5.41) is 2.69. The lowest BCUT2D eigenvalue weighted by atomic mass is 9.94. The fourth-order valence-electron chi connectivity index (χ4n) is 2.01. The summed E-state index contributed by atoms with van der Waals surface area (Å²) in [5.41, 5.74) is 0.995. The van der Waals surface area contributed by atoms with E-state index in [1.807, 2.05) is 32.0 Å². The quantitative estimate of drug-likeness (QED) is 0.874. The number of amides is 1. The number of rotatable bonds is 3. The molecule has 1 aliphatic heterocycles. The van der Waals surface area contributed by atoms with E-state index >= 15 is 0 Å². The van der Waals surface area contributed by atoms with Crippen LogP contribution in [0.4, 0.5) is 10.5 Å². The molecule has 0 saturated carbocycles. The van der Waals surface area contributed by atoms with Gasteiger partial charge in [-0.25, -0.2) is 4.79 Å². The Morgan fingerprint density at radius 2 is 2.18 bits per heavy atom. The maximum absolute atomic E-state index is 11.4. The van der Waals surface area contributed by atoms with E-state index in [1.54, 1.807) is 0 Å². The van der Waals surface area contributed by atoms with Crippen LogP contribution in [0.15, 0.2) is 18.2 Å². The summed E-state index contributed by atoms with van der Waals surface area (Å²) in [4.78, 5) is 11.4. The molecule has 1 aliphatic rings. The van der Waals surface area contributed by atoms with Crippen LogP contribution in [0.2, 0.25) is 0 Å². The SMILES string of the molecule is CCCOc1cccc2c1C(C)(C)OC(=O)N2. The number of anilines is 1. The van der Waals surface area contributed by atoms with Crippen LogP contribution in [0.5, 0.6) is 5.75 Å². The molecular weight excluding hydrogens is 218 g/mol.